The Labute approximate surface area is 154 Å². The smallest absolute Gasteiger partial charge is 0.276 e. The number of rotatable bonds is 4. The van der Waals surface area contributed by atoms with Crippen LogP contribution in [0.4, 0.5) is 0 Å². The van der Waals surface area contributed by atoms with Gasteiger partial charge in [0.05, 0.1) is 0 Å². The molecule has 0 radical (unpaired) electrons. The number of ether oxygens (including phenoxy) is 1. The van der Waals surface area contributed by atoms with E-state index in [1.807, 2.05) is 48.5 Å². The Hall–Kier alpha value is -2.18. The van der Waals surface area contributed by atoms with Gasteiger partial charge in [0.1, 0.15) is 18.1 Å². The summed E-state index contributed by atoms with van der Waals surface area (Å²) in [6, 6.07) is 15.6. The number of nitrogens with zero attached hydrogens (tertiary/aromatic N) is 1. The van der Waals surface area contributed by atoms with Crippen LogP contribution >= 0.6 is 28.1 Å². The summed E-state index contributed by atoms with van der Waals surface area (Å²) in [6.45, 7) is 0.457. The van der Waals surface area contributed by atoms with E-state index in [0.717, 1.165) is 15.6 Å². The molecule has 0 bridgehead atoms. The quantitative estimate of drug-likeness (QED) is 0.624. The number of carbonyl (C=O) groups excluding carboxylic acids is 1. The van der Waals surface area contributed by atoms with E-state index in [9.17, 15) is 4.79 Å². The molecule has 24 heavy (non-hydrogen) atoms. The average Bonchev–Trinajstić information content (AvgIpc) is 2.82. The highest BCUT2D eigenvalue weighted by Crippen LogP contribution is 2.27. The molecular weight excluding hydrogens is 388 g/mol. The first-order chi connectivity index (χ1) is 11.5. The summed E-state index contributed by atoms with van der Waals surface area (Å²) in [5.41, 5.74) is 2.31. The van der Waals surface area contributed by atoms with Crippen LogP contribution < -0.4 is 10.1 Å². The number of nitrogens with one attached hydrogen (secondary N) is 1. The summed E-state index contributed by atoms with van der Waals surface area (Å²) in [6.07, 6.45) is 1.75. The van der Waals surface area contributed by atoms with E-state index in [2.05, 4.69) is 21.2 Å². The molecule has 3 rings (SSSR count). The molecule has 2 aromatic rings. The molecule has 0 spiro atoms. The van der Waals surface area contributed by atoms with Gasteiger partial charge in [0.2, 0.25) is 0 Å². The second kappa shape index (κ2) is 7.15. The van der Waals surface area contributed by atoms with Crippen molar-refractivity contribution in [3.8, 4) is 5.75 Å². The van der Waals surface area contributed by atoms with Crippen LogP contribution in [0.1, 0.15) is 11.1 Å². The normalized spacial score (nSPS) is 15.8. The SMILES string of the molecule is CN1C(=O)C(=Cc2cc(Br)ccc2OCc2ccccc2)NC1=S. The fourth-order valence-corrected chi connectivity index (χ4v) is 2.85. The molecule has 122 valence electrons. The minimum atomic E-state index is -0.158. The highest BCUT2D eigenvalue weighted by atomic mass is 79.9. The van der Waals surface area contributed by atoms with E-state index in [1.54, 1.807) is 13.1 Å². The van der Waals surface area contributed by atoms with Crippen LogP contribution in [0.15, 0.2) is 58.7 Å². The van der Waals surface area contributed by atoms with Crippen molar-refractivity contribution in [2.24, 2.45) is 0 Å². The molecule has 1 heterocycles. The van der Waals surface area contributed by atoms with Gasteiger partial charge in [0.25, 0.3) is 5.91 Å². The summed E-state index contributed by atoms with van der Waals surface area (Å²) < 4.78 is 6.83. The van der Waals surface area contributed by atoms with Gasteiger partial charge in [-0.05, 0) is 42.1 Å². The van der Waals surface area contributed by atoms with Crippen molar-refractivity contribution in [2.75, 3.05) is 7.05 Å². The van der Waals surface area contributed by atoms with Crippen molar-refractivity contribution in [3.63, 3.8) is 0 Å². The highest BCUT2D eigenvalue weighted by Gasteiger charge is 2.27. The van der Waals surface area contributed by atoms with Crippen LogP contribution in [-0.4, -0.2) is 23.0 Å². The van der Waals surface area contributed by atoms with Gasteiger partial charge in [-0.1, -0.05) is 46.3 Å². The largest absolute Gasteiger partial charge is 0.488 e. The van der Waals surface area contributed by atoms with Gasteiger partial charge >= 0.3 is 0 Å². The second-order valence-corrected chi connectivity index (χ2v) is 6.61. The first-order valence-corrected chi connectivity index (χ1v) is 8.52. The maximum absolute atomic E-state index is 12.2. The predicted octanol–water partition coefficient (Wildman–Crippen LogP) is 3.72. The molecule has 6 heteroatoms. The topological polar surface area (TPSA) is 41.6 Å². The van der Waals surface area contributed by atoms with Gasteiger partial charge in [-0.2, -0.15) is 0 Å². The standard InChI is InChI=1S/C18H15BrN2O2S/c1-21-17(22)15(20-18(21)24)10-13-9-14(19)7-8-16(13)23-11-12-5-3-2-4-6-12/h2-10H,11H2,1H3,(H,20,24). The molecule has 1 fully saturated rings. The summed E-state index contributed by atoms with van der Waals surface area (Å²) in [5, 5.41) is 3.32. The third-order valence-corrected chi connectivity index (χ3v) is 4.46. The Bertz CT molecular complexity index is 821. The molecule has 0 saturated carbocycles. The molecule has 2 aromatic carbocycles. The first-order valence-electron chi connectivity index (χ1n) is 7.31. The van der Waals surface area contributed by atoms with E-state index in [-0.39, 0.29) is 5.91 Å². The first kappa shape index (κ1) is 16.7. The number of hydrogen-bond donors (Lipinski definition) is 1. The number of thiocarbonyl (C=S) groups is 1. The fourth-order valence-electron chi connectivity index (χ4n) is 2.28. The van der Waals surface area contributed by atoms with Crippen molar-refractivity contribution in [3.05, 3.63) is 69.8 Å². The molecule has 0 unspecified atom stereocenters. The van der Waals surface area contributed by atoms with Crippen molar-refractivity contribution in [1.82, 2.24) is 10.2 Å². The maximum Gasteiger partial charge on any atom is 0.276 e. The Morgan fingerprint density at radius 2 is 2.00 bits per heavy atom. The summed E-state index contributed by atoms with van der Waals surface area (Å²) in [5.74, 6) is 0.540. The lowest BCUT2D eigenvalue weighted by Gasteiger charge is -2.10. The molecule has 1 aliphatic rings. The molecule has 0 aliphatic carbocycles. The maximum atomic E-state index is 12.2. The minimum Gasteiger partial charge on any atom is -0.488 e. The number of likely N-dealkylation sites (N-methyl/N-ethyl adjacent to an activating group) is 1. The molecule has 1 N–H and O–H groups in total. The zero-order chi connectivity index (χ0) is 17.1. The number of carbonyl (C=O) groups is 1. The van der Waals surface area contributed by atoms with Gasteiger partial charge < -0.3 is 10.1 Å². The summed E-state index contributed by atoms with van der Waals surface area (Å²) in [4.78, 5) is 13.6. The highest BCUT2D eigenvalue weighted by molar-refractivity contribution is 9.10. The third-order valence-electron chi connectivity index (χ3n) is 3.59. The number of hydrogen-bond acceptors (Lipinski definition) is 3. The van der Waals surface area contributed by atoms with Gasteiger partial charge in [-0.25, -0.2) is 0 Å². The Morgan fingerprint density at radius 3 is 2.67 bits per heavy atom. The van der Waals surface area contributed by atoms with Crippen molar-refractivity contribution >= 4 is 45.2 Å². The van der Waals surface area contributed by atoms with Crippen molar-refractivity contribution < 1.29 is 9.53 Å². The van der Waals surface area contributed by atoms with Crippen LogP contribution in [0, 0.1) is 0 Å². The van der Waals surface area contributed by atoms with Gasteiger partial charge in [0, 0.05) is 17.1 Å². The Balaban J connectivity index is 1.86. The van der Waals surface area contributed by atoms with E-state index in [1.165, 1.54) is 4.90 Å². The van der Waals surface area contributed by atoms with Crippen molar-refractivity contribution in [1.29, 1.82) is 0 Å². The average molecular weight is 403 g/mol. The van der Waals surface area contributed by atoms with Gasteiger partial charge in [-0.3, -0.25) is 9.69 Å². The molecule has 0 atom stereocenters. The van der Waals surface area contributed by atoms with Gasteiger partial charge in [0.15, 0.2) is 5.11 Å². The van der Waals surface area contributed by atoms with Crippen molar-refractivity contribution in [2.45, 2.75) is 6.61 Å². The van der Waals surface area contributed by atoms with Gasteiger partial charge in [-0.15, -0.1) is 0 Å². The summed E-state index contributed by atoms with van der Waals surface area (Å²) >= 11 is 8.55. The lowest BCUT2D eigenvalue weighted by molar-refractivity contribution is -0.121. The van der Waals surface area contributed by atoms with Crippen LogP contribution in [0.25, 0.3) is 6.08 Å². The zero-order valence-corrected chi connectivity index (χ0v) is 15.4. The van der Waals surface area contributed by atoms with E-state index in [4.69, 9.17) is 17.0 Å². The molecule has 1 amide bonds. The number of amides is 1. The van der Waals surface area contributed by atoms with Crippen LogP contribution in [-0.2, 0) is 11.4 Å². The molecular formula is C18H15BrN2O2S. The molecule has 0 aromatic heterocycles. The Morgan fingerprint density at radius 1 is 1.25 bits per heavy atom. The Kier molecular flexibility index (Phi) is 4.97. The van der Waals surface area contributed by atoms with E-state index in [0.29, 0.717) is 23.2 Å². The molecule has 4 nitrogen and oxygen atoms in total. The molecule has 1 saturated heterocycles. The third kappa shape index (κ3) is 3.66. The minimum absolute atomic E-state index is 0.158. The molecule has 1 aliphatic heterocycles. The zero-order valence-electron chi connectivity index (χ0n) is 13.0. The van der Waals surface area contributed by atoms with E-state index < -0.39 is 0 Å². The lowest BCUT2D eigenvalue weighted by Crippen LogP contribution is -2.25. The van der Waals surface area contributed by atoms with Crippen LogP contribution in [0.3, 0.4) is 0 Å². The van der Waals surface area contributed by atoms with Crippen LogP contribution in [0.5, 0.6) is 5.75 Å². The summed E-state index contributed by atoms with van der Waals surface area (Å²) in [7, 11) is 1.65. The number of halogens is 1. The number of benzene rings is 2. The van der Waals surface area contributed by atoms with Crippen LogP contribution in [0.2, 0.25) is 0 Å². The van der Waals surface area contributed by atoms with E-state index >= 15 is 0 Å². The lowest BCUT2D eigenvalue weighted by atomic mass is 10.1. The fraction of sp³-hybridized carbons (Fsp3) is 0.111. The predicted molar refractivity (Wildman–Crippen MR) is 101 cm³/mol. The second-order valence-electron chi connectivity index (χ2n) is 5.31. The monoisotopic (exact) mass is 402 g/mol.